The molecule has 0 spiro atoms. The monoisotopic (exact) mass is 380 g/mol. The highest BCUT2D eigenvalue weighted by Gasteiger charge is 2.16. The number of para-hydroxylation sites is 1. The second kappa shape index (κ2) is 7.91. The van der Waals surface area contributed by atoms with Gasteiger partial charge >= 0.3 is 5.69 Å². The van der Waals surface area contributed by atoms with Crippen molar-refractivity contribution in [1.82, 2.24) is 9.99 Å². The number of carbonyl (C=O) groups excluding carboxylic acids is 1. The van der Waals surface area contributed by atoms with Crippen LogP contribution in [0, 0.1) is 24.0 Å². The summed E-state index contributed by atoms with van der Waals surface area (Å²) in [5.74, 6) is -0.469. The molecule has 1 aromatic heterocycles. The Hall–Kier alpha value is -3.68. The van der Waals surface area contributed by atoms with Crippen molar-refractivity contribution in [3.8, 4) is 5.75 Å². The highest BCUT2D eigenvalue weighted by molar-refractivity contribution is 6.01. The number of carbonyl (C=O) groups is 1. The van der Waals surface area contributed by atoms with E-state index in [1.807, 2.05) is 38.2 Å². The van der Waals surface area contributed by atoms with Gasteiger partial charge in [-0.15, -0.1) is 0 Å². The largest absolute Gasteiger partial charge is 0.477 e. The molecule has 0 saturated carbocycles. The van der Waals surface area contributed by atoms with Crippen LogP contribution >= 0.6 is 0 Å². The molecule has 1 heterocycles. The van der Waals surface area contributed by atoms with Gasteiger partial charge in [-0.05, 0) is 31.5 Å². The maximum Gasteiger partial charge on any atom is 0.311 e. The van der Waals surface area contributed by atoms with Crippen molar-refractivity contribution in [2.24, 2.45) is 12.1 Å². The van der Waals surface area contributed by atoms with Crippen LogP contribution in [-0.4, -0.2) is 28.2 Å². The first kappa shape index (κ1) is 19.1. The number of nitro groups is 1. The van der Waals surface area contributed by atoms with Gasteiger partial charge in [-0.3, -0.25) is 14.9 Å². The van der Waals surface area contributed by atoms with Gasteiger partial charge in [-0.25, -0.2) is 5.43 Å². The van der Waals surface area contributed by atoms with E-state index >= 15 is 0 Å². The SMILES string of the molecule is Cc1ccc(OCC(=O)NN=Cc2c(C)n(C)c3ccccc23)c([N+](=O)[O-])c1. The fourth-order valence-corrected chi connectivity index (χ4v) is 2.95. The summed E-state index contributed by atoms with van der Waals surface area (Å²) in [6, 6.07) is 12.5. The number of ether oxygens (including phenoxy) is 1. The molecule has 8 nitrogen and oxygen atoms in total. The summed E-state index contributed by atoms with van der Waals surface area (Å²) >= 11 is 0. The summed E-state index contributed by atoms with van der Waals surface area (Å²) in [5.41, 5.74) is 5.95. The Morgan fingerprint density at radius 1 is 1.29 bits per heavy atom. The first-order valence-electron chi connectivity index (χ1n) is 8.62. The van der Waals surface area contributed by atoms with Crippen LogP contribution in [-0.2, 0) is 11.8 Å². The highest BCUT2D eigenvalue weighted by atomic mass is 16.6. The summed E-state index contributed by atoms with van der Waals surface area (Å²) < 4.78 is 7.34. The zero-order valence-corrected chi connectivity index (χ0v) is 15.8. The van der Waals surface area contributed by atoms with Crippen LogP contribution in [0.25, 0.3) is 10.9 Å². The van der Waals surface area contributed by atoms with Gasteiger partial charge < -0.3 is 9.30 Å². The molecule has 0 bridgehead atoms. The molecule has 3 rings (SSSR count). The minimum Gasteiger partial charge on any atom is -0.477 e. The standard InChI is InChI=1S/C20H20N4O4/c1-13-8-9-19(18(10-13)24(26)27)28-12-20(25)22-21-11-16-14(2)23(3)17-7-5-4-6-15(16)17/h4-11H,12H2,1-3H3,(H,22,25). The first-order valence-corrected chi connectivity index (χ1v) is 8.62. The number of benzene rings is 2. The number of hydrogen-bond acceptors (Lipinski definition) is 5. The van der Waals surface area contributed by atoms with Gasteiger partial charge in [-0.2, -0.15) is 5.10 Å². The number of rotatable bonds is 6. The second-order valence-corrected chi connectivity index (χ2v) is 6.39. The third kappa shape index (κ3) is 3.85. The van der Waals surface area contributed by atoms with Crippen molar-refractivity contribution >= 4 is 28.7 Å². The van der Waals surface area contributed by atoms with Crippen LogP contribution in [0.1, 0.15) is 16.8 Å². The Labute approximate surface area is 161 Å². The van der Waals surface area contributed by atoms with E-state index in [9.17, 15) is 14.9 Å². The lowest BCUT2D eigenvalue weighted by Gasteiger charge is -2.06. The Balaban J connectivity index is 1.66. The number of aryl methyl sites for hydroxylation is 2. The lowest BCUT2D eigenvalue weighted by Crippen LogP contribution is -2.24. The molecule has 1 N–H and O–H groups in total. The zero-order chi connectivity index (χ0) is 20.3. The van der Waals surface area contributed by atoms with Crippen molar-refractivity contribution in [2.45, 2.75) is 13.8 Å². The minimum atomic E-state index is -0.540. The Morgan fingerprint density at radius 3 is 2.79 bits per heavy atom. The minimum absolute atomic E-state index is 0.0413. The van der Waals surface area contributed by atoms with Crippen molar-refractivity contribution in [2.75, 3.05) is 6.61 Å². The number of nitrogens with zero attached hydrogens (tertiary/aromatic N) is 3. The Bertz CT molecular complexity index is 1090. The molecule has 28 heavy (non-hydrogen) atoms. The fourth-order valence-electron chi connectivity index (χ4n) is 2.95. The molecule has 144 valence electrons. The van der Waals surface area contributed by atoms with Gasteiger partial charge in [0.25, 0.3) is 5.91 Å². The maximum absolute atomic E-state index is 12.0. The molecular weight excluding hydrogens is 360 g/mol. The molecule has 0 fully saturated rings. The van der Waals surface area contributed by atoms with Gasteiger partial charge in [0, 0.05) is 35.3 Å². The summed E-state index contributed by atoms with van der Waals surface area (Å²) in [7, 11) is 1.97. The molecule has 0 saturated heterocycles. The molecule has 0 aliphatic rings. The van der Waals surface area contributed by atoms with Crippen molar-refractivity contribution < 1.29 is 14.5 Å². The van der Waals surface area contributed by atoms with Crippen molar-refractivity contribution in [3.05, 3.63) is 69.4 Å². The molecule has 0 aliphatic carbocycles. The third-order valence-electron chi connectivity index (χ3n) is 4.50. The average molecular weight is 380 g/mol. The Kier molecular flexibility index (Phi) is 5.39. The fraction of sp³-hybridized carbons (Fsp3) is 0.200. The molecule has 0 atom stereocenters. The smallest absolute Gasteiger partial charge is 0.311 e. The van der Waals surface area contributed by atoms with Crippen LogP contribution in [0.2, 0.25) is 0 Å². The van der Waals surface area contributed by atoms with Gasteiger partial charge in [0.1, 0.15) is 0 Å². The number of fused-ring (bicyclic) bond motifs is 1. The number of nitrogens with one attached hydrogen (secondary N) is 1. The lowest BCUT2D eigenvalue weighted by atomic mass is 10.1. The molecule has 0 aliphatic heterocycles. The van der Waals surface area contributed by atoms with E-state index in [0.717, 1.165) is 27.7 Å². The van der Waals surface area contributed by atoms with Gasteiger partial charge in [0.2, 0.25) is 0 Å². The number of amides is 1. The number of nitro benzene ring substituents is 1. The lowest BCUT2D eigenvalue weighted by molar-refractivity contribution is -0.385. The van der Waals surface area contributed by atoms with E-state index in [2.05, 4.69) is 15.1 Å². The second-order valence-electron chi connectivity index (χ2n) is 6.39. The van der Waals surface area contributed by atoms with E-state index in [1.165, 1.54) is 12.1 Å². The summed E-state index contributed by atoms with van der Waals surface area (Å²) in [6.45, 7) is 3.34. The quantitative estimate of drug-likeness (QED) is 0.403. The number of aromatic nitrogens is 1. The third-order valence-corrected chi connectivity index (χ3v) is 4.50. The first-order chi connectivity index (χ1) is 13.4. The molecular formula is C20H20N4O4. The van der Waals surface area contributed by atoms with Gasteiger partial charge in [-0.1, -0.05) is 24.3 Å². The van der Waals surface area contributed by atoms with E-state index in [-0.39, 0.29) is 18.0 Å². The van der Waals surface area contributed by atoms with E-state index in [4.69, 9.17) is 4.74 Å². The maximum atomic E-state index is 12.0. The molecule has 0 unspecified atom stereocenters. The summed E-state index contributed by atoms with van der Waals surface area (Å²) in [5, 5.41) is 16.1. The van der Waals surface area contributed by atoms with Crippen molar-refractivity contribution in [1.29, 1.82) is 0 Å². The van der Waals surface area contributed by atoms with E-state index in [0.29, 0.717) is 0 Å². The normalized spacial score (nSPS) is 11.1. The van der Waals surface area contributed by atoms with Crippen molar-refractivity contribution in [3.63, 3.8) is 0 Å². The molecule has 1 amide bonds. The van der Waals surface area contributed by atoms with Crippen LogP contribution in [0.4, 0.5) is 5.69 Å². The van der Waals surface area contributed by atoms with Gasteiger partial charge in [0.15, 0.2) is 12.4 Å². The zero-order valence-electron chi connectivity index (χ0n) is 15.8. The van der Waals surface area contributed by atoms with Crippen LogP contribution in [0.15, 0.2) is 47.6 Å². The van der Waals surface area contributed by atoms with E-state index in [1.54, 1.807) is 19.2 Å². The highest BCUT2D eigenvalue weighted by Crippen LogP contribution is 2.27. The Morgan fingerprint density at radius 2 is 2.04 bits per heavy atom. The van der Waals surface area contributed by atoms with Gasteiger partial charge in [0.05, 0.1) is 11.1 Å². The van der Waals surface area contributed by atoms with Crippen LogP contribution in [0.3, 0.4) is 0 Å². The van der Waals surface area contributed by atoms with Crippen LogP contribution in [0.5, 0.6) is 5.75 Å². The van der Waals surface area contributed by atoms with E-state index < -0.39 is 10.8 Å². The predicted molar refractivity (Wildman–Crippen MR) is 107 cm³/mol. The van der Waals surface area contributed by atoms with Crippen LogP contribution < -0.4 is 10.2 Å². The average Bonchev–Trinajstić information content (AvgIpc) is 2.92. The predicted octanol–water partition coefficient (Wildman–Crippen LogP) is 3.23. The molecule has 8 heteroatoms. The summed E-state index contributed by atoms with van der Waals surface area (Å²) in [4.78, 5) is 22.5. The summed E-state index contributed by atoms with van der Waals surface area (Å²) in [6.07, 6.45) is 1.59. The molecule has 3 aromatic rings. The number of hydrogen-bond donors (Lipinski definition) is 1. The number of hydrazone groups is 1. The molecule has 2 aromatic carbocycles. The topological polar surface area (TPSA) is 98.8 Å². The molecule has 0 radical (unpaired) electrons.